The molecule has 0 unspecified atom stereocenters. The van der Waals surface area contributed by atoms with Crippen LogP contribution in [0.1, 0.15) is 121 Å². The number of amides is 8. The van der Waals surface area contributed by atoms with Crippen molar-refractivity contribution in [3.63, 3.8) is 0 Å². The molecule has 0 aliphatic carbocycles. The summed E-state index contributed by atoms with van der Waals surface area (Å²) in [5, 5.41) is 139. The number of carboxylic acids is 1. The average Bonchev–Trinajstić information content (AvgIpc) is 1.53. The Kier molecular flexibility index (Phi) is 29.2. The minimum absolute atomic E-state index is 0.0708. The molecule has 0 radical (unpaired) electrons. The van der Waals surface area contributed by atoms with Gasteiger partial charge in [-0.25, -0.2) is 4.79 Å². The fourth-order valence-electron chi connectivity index (χ4n) is 14.9. The molecule has 8 amide bonds. The van der Waals surface area contributed by atoms with Crippen molar-refractivity contribution in [1.29, 1.82) is 0 Å². The van der Waals surface area contributed by atoms with E-state index >= 15 is 24.0 Å². The molecule has 2 saturated heterocycles. The lowest BCUT2D eigenvalue weighted by Gasteiger charge is -2.48. The number of aliphatic hydroxyl groups is 6. The largest absolute Gasteiger partial charge is 0.508 e. The topological polar surface area (TPSA) is 595 Å². The number of rotatable bonds is 25. The fourth-order valence-corrected chi connectivity index (χ4v) is 16.1. The van der Waals surface area contributed by atoms with Crippen LogP contribution in [0.15, 0.2) is 133 Å². The molecule has 37 nitrogen and oxygen atoms in total. The Morgan fingerprint density at radius 1 is 0.740 bits per heavy atom. The number of halogens is 2. The number of hydrogen-bond donors (Lipinski definition) is 21. The third-order valence-corrected chi connectivity index (χ3v) is 23.0. The van der Waals surface area contributed by atoms with Gasteiger partial charge in [-0.2, -0.15) is 0 Å². The second-order valence-electron chi connectivity index (χ2n) is 30.3. The molecule has 6 aromatic carbocycles. The number of hydrogen-bond acceptors (Lipinski definition) is 29. The van der Waals surface area contributed by atoms with Crippen molar-refractivity contribution in [1.82, 2.24) is 42.5 Å². The molecule has 11 bridgehead atoms. The average molecular weight is 1760 g/mol. The first-order chi connectivity index (χ1) is 58.6. The molecule has 40 heteroatoms. The van der Waals surface area contributed by atoms with Gasteiger partial charge >= 0.3 is 5.97 Å². The zero-order chi connectivity index (χ0) is 88.6. The molecule has 19 atom stereocenters. The molecule has 123 heavy (non-hydrogen) atoms. The van der Waals surface area contributed by atoms with Crippen molar-refractivity contribution in [3.8, 4) is 62.9 Å². The van der Waals surface area contributed by atoms with Crippen LogP contribution in [0.2, 0.25) is 10.0 Å². The third-order valence-electron chi connectivity index (χ3n) is 21.5. The summed E-state index contributed by atoms with van der Waals surface area (Å²) in [5.74, 6) is -17.1. The Morgan fingerprint density at radius 2 is 1.41 bits per heavy atom. The van der Waals surface area contributed by atoms with Crippen molar-refractivity contribution in [2.45, 2.75) is 181 Å². The Labute approximate surface area is 716 Å². The number of benzene rings is 6. The van der Waals surface area contributed by atoms with E-state index in [9.17, 15) is 70.2 Å². The van der Waals surface area contributed by atoms with Gasteiger partial charge in [0, 0.05) is 47.0 Å². The number of carbonyl (C=O) groups is 9. The van der Waals surface area contributed by atoms with E-state index in [1.54, 1.807) is 55.6 Å². The highest BCUT2D eigenvalue weighted by molar-refractivity contribution is 7.09. The predicted molar refractivity (Wildman–Crippen MR) is 437 cm³/mol. The minimum atomic E-state index is -2.41. The summed E-state index contributed by atoms with van der Waals surface area (Å²) in [7, 11) is 0. The number of primary amides is 1. The number of thiophene rings is 1. The Balaban J connectivity index is 1.05. The summed E-state index contributed by atoms with van der Waals surface area (Å²) in [4.78, 5) is 134. The van der Waals surface area contributed by atoms with Crippen LogP contribution >= 0.6 is 34.5 Å². The van der Waals surface area contributed by atoms with Crippen LogP contribution in [0, 0.1) is 0 Å². The standard InChI is InChI=1S/C83H93Cl2N11O26S/c1-4-5-21-116-43-11-8-10-37(23-43)34-89-83(3)33-60(117-36(2)73(83)106)121-72-70(105)69(104)58(35-97)120-82(72)122-71-56-27-41-28-57(71)119-55-19-16-40(26-48(55)85)68(103)66-80(113)94-64(78(111)90-50(81(114)115)13-6-7-20-86)46-29-42(98)30-53(100)61(46)45-24-38(14-17-52(45)99)62(76(109)96-66)93-77(110)63(41)92-75(108)51(32-59(88)101)91-79(112)65(67(102)39-15-18-54(118-56)47(84)25-39)95-74(107)49(87)31-44-12-9-22-123-44/h4,8-12,14-19,22-30,36,49-51,58,60,62-70,72-73,82,89,97-100,102-106H,1,5-7,13,20-21,31-35,86-87H2,2-3H3,(H2,88,101)(H,90,111)(H,91,112)(H,92,108)(H,93,110)(H,94,113)(H,95,107)(H,96,109)(H,114,115)/t36-,49-,50-,51-,58+,60-,62+,63+,64-,65+,66-,67+,68+,69+,70-,72+,73+,82-,83-/m0/s1. The van der Waals surface area contributed by atoms with Crippen molar-refractivity contribution < 1.29 is 127 Å². The van der Waals surface area contributed by atoms with E-state index in [1.807, 2.05) is 6.07 Å². The van der Waals surface area contributed by atoms with Gasteiger partial charge in [0.25, 0.3) is 0 Å². The summed E-state index contributed by atoms with van der Waals surface area (Å²) >= 11 is 15.6. The van der Waals surface area contributed by atoms with Crippen molar-refractivity contribution in [2.75, 3.05) is 19.8 Å². The molecule has 8 heterocycles. The van der Waals surface area contributed by atoms with Crippen LogP contribution in [0.5, 0.6) is 51.7 Å². The zero-order valence-corrected chi connectivity index (χ0v) is 68.2. The van der Waals surface area contributed by atoms with Crippen LogP contribution in [-0.2, 0) is 70.3 Å². The molecule has 0 saturated carbocycles. The molecular formula is C83H93Cl2N11O26S. The molecule has 0 spiro atoms. The van der Waals surface area contributed by atoms with Crippen LogP contribution in [-0.4, -0.2) is 209 Å². The van der Waals surface area contributed by atoms with Gasteiger partial charge in [-0.1, -0.05) is 65.7 Å². The Bertz CT molecular complexity index is 5130. The highest BCUT2D eigenvalue weighted by Crippen LogP contribution is 2.50. The lowest BCUT2D eigenvalue weighted by Crippen LogP contribution is -2.65. The van der Waals surface area contributed by atoms with E-state index in [2.05, 4.69) is 49.1 Å². The van der Waals surface area contributed by atoms with E-state index in [4.69, 9.17) is 73.6 Å². The maximum atomic E-state index is 16.4. The van der Waals surface area contributed by atoms with Gasteiger partial charge in [0.1, 0.15) is 107 Å². The van der Waals surface area contributed by atoms with Crippen LogP contribution in [0.25, 0.3) is 11.1 Å². The first-order valence-corrected chi connectivity index (χ1v) is 40.6. The highest BCUT2D eigenvalue weighted by Gasteiger charge is 2.52. The Morgan fingerprint density at radius 3 is 2.07 bits per heavy atom. The van der Waals surface area contributed by atoms with E-state index in [0.29, 0.717) is 30.1 Å². The van der Waals surface area contributed by atoms with E-state index in [0.717, 1.165) is 72.3 Å². The van der Waals surface area contributed by atoms with Gasteiger partial charge in [0.2, 0.25) is 59.3 Å². The third kappa shape index (κ3) is 21.0. The quantitative estimate of drug-likeness (QED) is 0.0289. The SMILES string of the molecule is C=CCCOc1cccc(CN[C@@]2(C)C[C@H](O[C@H]3[C@H](Oc4c5cc6cc4Oc4ccc(cc4Cl)[C@@H](O)[C@@H](NC(=O)[C@@H](N)Cc4cccs4)C(=O)N[C@@H](CC(N)=O)C(=O)N[C@H]6C(=O)N[C@H]4C(=O)N[C@H](C(=O)N[C@H](C(=O)N[C@@H](CCCCN)C(=O)O)c6cc(O)cc(O)c6-c6cc4ccc6O)[C@H](O)c4ccc(c(Cl)c4)O5)O[C@H](CO)[C@@H](O)[C@@H]3O)O[C@@H](C)[C@H]2O)c1. The molecular weight excluding hydrogens is 1670 g/mol. The minimum Gasteiger partial charge on any atom is -0.508 e. The highest BCUT2D eigenvalue weighted by atomic mass is 35.5. The van der Waals surface area contributed by atoms with Crippen molar-refractivity contribution in [2.24, 2.45) is 17.2 Å². The monoisotopic (exact) mass is 1760 g/mol. The maximum absolute atomic E-state index is 16.4. The van der Waals surface area contributed by atoms with Gasteiger partial charge < -0.3 is 144 Å². The van der Waals surface area contributed by atoms with Crippen molar-refractivity contribution >= 4 is 87.8 Å². The number of carbonyl (C=O) groups excluding carboxylic acids is 8. The van der Waals surface area contributed by atoms with Crippen LogP contribution in [0.4, 0.5) is 0 Å². The molecule has 7 aliphatic rings. The molecule has 7 aliphatic heterocycles. The summed E-state index contributed by atoms with van der Waals surface area (Å²) in [6.45, 7) is 6.65. The smallest absolute Gasteiger partial charge is 0.326 e. The van der Waals surface area contributed by atoms with E-state index < -0.39 is 260 Å². The molecule has 14 rings (SSSR count). The number of unbranched alkanes of at least 4 members (excludes halogenated alkanes) is 1. The lowest BCUT2D eigenvalue weighted by molar-refractivity contribution is -0.334. The number of aliphatic hydroxyl groups excluding tert-OH is 6. The second kappa shape index (κ2) is 39.5. The van der Waals surface area contributed by atoms with Gasteiger partial charge in [-0.15, -0.1) is 17.9 Å². The van der Waals surface area contributed by atoms with E-state index in [-0.39, 0.29) is 55.6 Å². The van der Waals surface area contributed by atoms with Gasteiger partial charge in [-0.05, 0) is 158 Å². The number of fused-ring (bicyclic) bond motifs is 15. The second-order valence-corrected chi connectivity index (χ2v) is 32.2. The normalized spacial score (nSPS) is 26.4. The number of ether oxygens (including phenoxy) is 7. The predicted octanol–water partition coefficient (Wildman–Crippen LogP) is 2.50. The number of aliphatic carboxylic acids is 1. The number of phenolic OH excluding ortho intramolecular Hbond substituents is 3. The number of carboxylic acid groups (broad SMARTS) is 1. The first kappa shape index (κ1) is 90.9. The van der Waals surface area contributed by atoms with Gasteiger partial charge in [-0.3, -0.25) is 38.4 Å². The number of nitrogens with one attached hydrogen (secondary N) is 8. The first-order valence-electron chi connectivity index (χ1n) is 39.0. The molecule has 7 aromatic rings. The summed E-state index contributed by atoms with van der Waals surface area (Å²) in [6, 6.07) is 7.42. The van der Waals surface area contributed by atoms with Crippen LogP contribution in [0.3, 0.4) is 0 Å². The molecule has 24 N–H and O–H groups in total. The molecule has 1 aromatic heterocycles. The van der Waals surface area contributed by atoms with Crippen molar-refractivity contribution in [3.05, 3.63) is 182 Å². The summed E-state index contributed by atoms with van der Waals surface area (Å²) < 4.78 is 45.4. The van der Waals surface area contributed by atoms with E-state index in [1.165, 1.54) is 23.5 Å². The number of aromatic hydroxyl groups is 3. The summed E-state index contributed by atoms with van der Waals surface area (Å²) in [6.07, 6.45) is -16.8. The van der Waals surface area contributed by atoms with Crippen LogP contribution < -0.4 is 78.7 Å². The summed E-state index contributed by atoms with van der Waals surface area (Å²) in [5.41, 5.74) is 14.3. The lowest BCUT2D eigenvalue weighted by atomic mass is 9.84. The van der Waals surface area contributed by atoms with Gasteiger partial charge in [0.15, 0.2) is 23.9 Å². The zero-order valence-electron chi connectivity index (χ0n) is 65.9. The fraction of sp³-hybridized carbons (Fsp3) is 0.386. The number of nitrogens with two attached hydrogens (primary N) is 3. The molecule has 656 valence electrons. The molecule has 2 fully saturated rings. The number of phenols is 3. The maximum Gasteiger partial charge on any atom is 0.326 e. The Hall–Kier alpha value is -11.3. The van der Waals surface area contributed by atoms with Gasteiger partial charge in [0.05, 0.1) is 47.9 Å².